The van der Waals surface area contributed by atoms with E-state index in [4.69, 9.17) is 9.90 Å². The average Bonchev–Trinajstić information content (AvgIpc) is 3.31. The van der Waals surface area contributed by atoms with Crippen LogP contribution in [0.1, 0.15) is 34.3 Å². The van der Waals surface area contributed by atoms with Crippen molar-refractivity contribution in [1.29, 1.82) is 0 Å². The van der Waals surface area contributed by atoms with E-state index in [0.29, 0.717) is 13.1 Å². The van der Waals surface area contributed by atoms with Crippen LogP contribution in [0.15, 0.2) is 48.8 Å². The Morgan fingerprint density at radius 2 is 1.97 bits per heavy atom. The predicted molar refractivity (Wildman–Crippen MR) is 112 cm³/mol. The zero-order chi connectivity index (χ0) is 24.2. The summed E-state index contributed by atoms with van der Waals surface area (Å²) < 4.78 is 31.7. The number of nitrogens with one attached hydrogen (secondary N) is 1. The number of rotatable bonds is 4. The zero-order valence-electron chi connectivity index (χ0n) is 17.9. The number of carbonyl (C=O) groups is 3. The Hall–Kier alpha value is -3.43. The van der Waals surface area contributed by atoms with E-state index in [1.165, 1.54) is 0 Å². The molecular weight excluding hydrogens is 439 g/mol. The molecule has 2 aromatic rings. The zero-order valence-corrected chi connectivity index (χ0v) is 17.9. The number of aromatic nitrogens is 1. The van der Waals surface area contributed by atoms with Crippen LogP contribution in [-0.2, 0) is 16.1 Å². The van der Waals surface area contributed by atoms with Gasteiger partial charge in [0, 0.05) is 48.9 Å². The fourth-order valence-corrected chi connectivity index (χ4v) is 4.01. The molecule has 10 heteroatoms. The molecule has 1 aromatic heterocycles. The Balaban J connectivity index is 0.000000383. The molecule has 0 radical (unpaired) electrons. The summed E-state index contributed by atoms with van der Waals surface area (Å²) in [7, 11) is 0. The minimum atomic E-state index is -5.08. The average molecular weight is 463 g/mol. The van der Waals surface area contributed by atoms with Crippen molar-refractivity contribution < 1.29 is 32.7 Å². The first-order chi connectivity index (χ1) is 15.5. The van der Waals surface area contributed by atoms with Crippen molar-refractivity contribution >= 4 is 17.8 Å². The third kappa shape index (κ3) is 6.09. The number of halogens is 3. The summed E-state index contributed by atoms with van der Waals surface area (Å²) in [6, 6.07) is 11.5. The normalized spacial score (nSPS) is 21.2. The van der Waals surface area contributed by atoms with Gasteiger partial charge in [-0.1, -0.05) is 23.8 Å². The van der Waals surface area contributed by atoms with E-state index in [9.17, 15) is 22.8 Å². The Morgan fingerprint density at radius 3 is 2.58 bits per heavy atom. The van der Waals surface area contributed by atoms with Crippen LogP contribution in [0, 0.1) is 18.3 Å². The highest BCUT2D eigenvalue weighted by atomic mass is 19.4. The first kappa shape index (κ1) is 24.2. The van der Waals surface area contributed by atoms with Crippen LogP contribution in [0.2, 0.25) is 0 Å². The van der Waals surface area contributed by atoms with Crippen molar-refractivity contribution in [2.45, 2.75) is 32.5 Å². The summed E-state index contributed by atoms with van der Waals surface area (Å²) in [6.07, 6.45) is 0.194. The first-order valence-corrected chi connectivity index (χ1v) is 10.3. The number of carboxylic acid groups (broad SMARTS) is 1. The lowest BCUT2D eigenvalue weighted by Crippen LogP contribution is -2.31. The van der Waals surface area contributed by atoms with Gasteiger partial charge < -0.3 is 15.3 Å². The third-order valence-corrected chi connectivity index (χ3v) is 5.88. The molecule has 2 atom stereocenters. The number of likely N-dealkylation sites (tertiary alicyclic amines) is 1. The lowest BCUT2D eigenvalue weighted by atomic mass is 10.0. The van der Waals surface area contributed by atoms with Crippen LogP contribution < -0.4 is 5.32 Å². The number of hydrogen-bond acceptors (Lipinski definition) is 4. The van der Waals surface area contributed by atoms with Gasteiger partial charge in [-0.3, -0.25) is 14.6 Å². The van der Waals surface area contributed by atoms with Crippen LogP contribution in [0.25, 0.3) is 0 Å². The Bertz CT molecular complexity index is 1030. The molecule has 7 nitrogen and oxygen atoms in total. The van der Waals surface area contributed by atoms with Gasteiger partial charge >= 0.3 is 12.1 Å². The summed E-state index contributed by atoms with van der Waals surface area (Å²) in [5, 5.41) is 10.1. The van der Waals surface area contributed by atoms with Crippen molar-refractivity contribution in [2.24, 2.45) is 11.3 Å². The van der Waals surface area contributed by atoms with Crippen molar-refractivity contribution in [3.05, 3.63) is 65.5 Å². The predicted octanol–water partition coefficient (Wildman–Crippen LogP) is 3.19. The molecule has 1 saturated heterocycles. The topological polar surface area (TPSA) is 99.6 Å². The summed E-state index contributed by atoms with van der Waals surface area (Å²) in [5.74, 6) is -2.56. The van der Waals surface area contributed by atoms with Crippen molar-refractivity contribution in [3.8, 4) is 0 Å². The van der Waals surface area contributed by atoms with Crippen LogP contribution in [0.5, 0.6) is 0 Å². The maximum absolute atomic E-state index is 12.7. The van der Waals surface area contributed by atoms with Gasteiger partial charge in [-0.15, -0.1) is 0 Å². The molecular formula is C23H24F3N3O4. The van der Waals surface area contributed by atoms with Gasteiger partial charge in [-0.25, -0.2) is 4.79 Å². The lowest BCUT2D eigenvalue weighted by Gasteiger charge is -2.17. The number of amides is 2. The highest BCUT2D eigenvalue weighted by Gasteiger charge is 2.61. The third-order valence-electron chi connectivity index (χ3n) is 5.88. The van der Waals surface area contributed by atoms with Crippen LogP contribution >= 0.6 is 0 Å². The van der Waals surface area contributed by atoms with E-state index >= 15 is 0 Å². The Labute approximate surface area is 188 Å². The second kappa shape index (κ2) is 9.60. The smallest absolute Gasteiger partial charge is 0.475 e. The van der Waals surface area contributed by atoms with E-state index in [1.807, 2.05) is 48.2 Å². The standard InChI is InChI=1S/C21H23N3O2.C2HF3O2/c1-15-4-2-6-17(10-15)20(26)24-9-7-21(14-24)11-18(21)19(25)23-13-16-5-3-8-22-12-16;3-2(4,5)1(6)7/h2-6,8,10,12,18H,7,9,11,13-14H2,1H3,(H,23,25);(H,6,7). The molecule has 2 aliphatic rings. The number of nitrogens with zero attached hydrogens (tertiary/aromatic N) is 2. The maximum Gasteiger partial charge on any atom is 0.490 e. The van der Waals surface area contributed by atoms with Gasteiger partial charge in [0.2, 0.25) is 5.91 Å². The minimum Gasteiger partial charge on any atom is -0.475 e. The number of hydrogen-bond donors (Lipinski definition) is 2. The van der Waals surface area contributed by atoms with E-state index in [0.717, 1.165) is 36.1 Å². The second-order valence-electron chi connectivity index (χ2n) is 8.35. The molecule has 4 rings (SSSR count). The first-order valence-electron chi connectivity index (χ1n) is 10.3. The molecule has 2 fully saturated rings. The summed E-state index contributed by atoms with van der Waals surface area (Å²) in [5.41, 5.74) is 2.81. The van der Waals surface area contributed by atoms with Gasteiger partial charge in [-0.2, -0.15) is 13.2 Å². The number of aryl methyl sites for hydroxylation is 1. The lowest BCUT2D eigenvalue weighted by molar-refractivity contribution is -0.192. The SMILES string of the molecule is Cc1cccc(C(=O)N2CCC3(CC3C(=O)NCc3cccnc3)C2)c1.O=C(O)C(F)(F)F. The molecule has 2 heterocycles. The highest BCUT2D eigenvalue weighted by Crippen LogP contribution is 2.58. The number of pyridine rings is 1. The summed E-state index contributed by atoms with van der Waals surface area (Å²) in [6.45, 7) is 3.92. The van der Waals surface area contributed by atoms with Gasteiger partial charge in [0.25, 0.3) is 5.91 Å². The fourth-order valence-electron chi connectivity index (χ4n) is 4.01. The highest BCUT2D eigenvalue weighted by molar-refractivity contribution is 5.95. The van der Waals surface area contributed by atoms with E-state index in [-0.39, 0.29) is 23.1 Å². The van der Waals surface area contributed by atoms with Gasteiger partial charge in [0.15, 0.2) is 0 Å². The largest absolute Gasteiger partial charge is 0.490 e. The fraction of sp³-hybridized carbons (Fsp3) is 0.391. The molecule has 1 aromatic carbocycles. The van der Waals surface area contributed by atoms with Crippen LogP contribution in [-0.4, -0.2) is 52.0 Å². The molecule has 1 spiro atoms. The number of alkyl halides is 3. The van der Waals surface area contributed by atoms with Crippen LogP contribution in [0.4, 0.5) is 13.2 Å². The Morgan fingerprint density at radius 1 is 1.24 bits per heavy atom. The molecule has 1 aliphatic carbocycles. The van der Waals surface area contributed by atoms with Crippen molar-refractivity contribution in [2.75, 3.05) is 13.1 Å². The molecule has 1 aliphatic heterocycles. The van der Waals surface area contributed by atoms with E-state index in [1.54, 1.807) is 12.4 Å². The number of benzene rings is 1. The quantitative estimate of drug-likeness (QED) is 0.726. The number of aliphatic carboxylic acids is 1. The molecule has 2 amide bonds. The van der Waals surface area contributed by atoms with E-state index in [2.05, 4.69) is 10.3 Å². The van der Waals surface area contributed by atoms with Crippen LogP contribution in [0.3, 0.4) is 0 Å². The van der Waals surface area contributed by atoms with Crippen molar-refractivity contribution in [1.82, 2.24) is 15.2 Å². The van der Waals surface area contributed by atoms with Gasteiger partial charge in [0.1, 0.15) is 0 Å². The van der Waals surface area contributed by atoms with Gasteiger partial charge in [0.05, 0.1) is 0 Å². The molecule has 2 unspecified atom stereocenters. The molecule has 176 valence electrons. The Kier molecular flexibility index (Phi) is 7.04. The molecule has 33 heavy (non-hydrogen) atoms. The van der Waals surface area contributed by atoms with E-state index < -0.39 is 12.1 Å². The second-order valence-corrected chi connectivity index (χ2v) is 8.35. The number of carboxylic acids is 1. The van der Waals surface area contributed by atoms with Crippen molar-refractivity contribution in [3.63, 3.8) is 0 Å². The summed E-state index contributed by atoms with van der Waals surface area (Å²) in [4.78, 5) is 40.1. The minimum absolute atomic E-state index is 0.0154. The molecule has 1 saturated carbocycles. The monoisotopic (exact) mass is 463 g/mol. The molecule has 2 N–H and O–H groups in total. The molecule has 0 bridgehead atoms. The maximum atomic E-state index is 12.7. The number of carbonyl (C=O) groups excluding carboxylic acids is 2. The summed E-state index contributed by atoms with van der Waals surface area (Å²) >= 11 is 0. The van der Waals surface area contributed by atoms with Gasteiger partial charge in [-0.05, 0) is 43.5 Å².